The number of thiophene rings is 1. The van der Waals surface area contributed by atoms with E-state index in [1.54, 1.807) is 11.3 Å². The number of non-ortho nitro benzene ring substituents is 1. The number of benzene rings is 1. The second-order valence-electron chi connectivity index (χ2n) is 3.51. The highest BCUT2D eigenvalue weighted by molar-refractivity contribution is 9.10. The molecule has 2 aromatic rings. The van der Waals surface area contributed by atoms with Gasteiger partial charge in [0.2, 0.25) is 0 Å². The maximum absolute atomic E-state index is 13.5. The summed E-state index contributed by atoms with van der Waals surface area (Å²) in [6.45, 7) is 0.477. The SMILES string of the molecule is O=[N+]([O-])c1ccc(NCc2cc(Br)cs2)c(F)c1. The van der Waals surface area contributed by atoms with E-state index in [1.807, 2.05) is 11.4 Å². The number of nitrogens with zero attached hydrogens (tertiary/aromatic N) is 1. The summed E-state index contributed by atoms with van der Waals surface area (Å²) in [5, 5.41) is 15.3. The fraction of sp³-hybridized carbons (Fsp3) is 0.0909. The molecule has 0 aliphatic carbocycles. The van der Waals surface area contributed by atoms with Crippen LogP contribution in [0.2, 0.25) is 0 Å². The number of nitrogens with one attached hydrogen (secondary N) is 1. The van der Waals surface area contributed by atoms with Crippen molar-refractivity contribution in [3.63, 3.8) is 0 Å². The number of hydrogen-bond donors (Lipinski definition) is 1. The van der Waals surface area contributed by atoms with Crippen molar-refractivity contribution in [3.05, 3.63) is 54.9 Å². The average molecular weight is 331 g/mol. The van der Waals surface area contributed by atoms with Crippen LogP contribution in [0.25, 0.3) is 0 Å². The second-order valence-corrected chi connectivity index (χ2v) is 5.42. The maximum atomic E-state index is 13.5. The van der Waals surface area contributed by atoms with Crippen molar-refractivity contribution >= 4 is 38.6 Å². The van der Waals surface area contributed by atoms with Gasteiger partial charge in [-0.05, 0) is 28.1 Å². The lowest BCUT2D eigenvalue weighted by Crippen LogP contribution is -2.00. The molecule has 0 saturated heterocycles. The second kappa shape index (κ2) is 5.45. The van der Waals surface area contributed by atoms with Crippen molar-refractivity contribution in [2.45, 2.75) is 6.54 Å². The van der Waals surface area contributed by atoms with E-state index in [9.17, 15) is 14.5 Å². The molecule has 0 spiro atoms. The lowest BCUT2D eigenvalue weighted by molar-refractivity contribution is -0.385. The maximum Gasteiger partial charge on any atom is 0.272 e. The lowest BCUT2D eigenvalue weighted by Gasteiger charge is -2.05. The van der Waals surface area contributed by atoms with Crippen molar-refractivity contribution in [2.75, 3.05) is 5.32 Å². The third-order valence-corrected chi connectivity index (χ3v) is 3.94. The Balaban J connectivity index is 2.08. The average Bonchev–Trinajstić information content (AvgIpc) is 2.73. The van der Waals surface area contributed by atoms with E-state index in [0.717, 1.165) is 15.4 Å². The van der Waals surface area contributed by atoms with Crippen LogP contribution in [-0.4, -0.2) is 4.92 Å². The summed E-state index contributed by atoms with van der Waals surface area (Å²) in [6, 6.07) is 5.49. The smallest absolute Gasteiger partial charge is 0.272 e. The van der Waals surface area contributed by atoms with Crippen molar-refractivity contribution in [1.82, 2.24) is 0 Å². The molecule has 0 unspecified atom stereocenters. The molecule has 0 fully saturated rings. The molecule has 1 heterocycles. The van der Waals surface area contributed by atoms with E-state index in [2.05, 4.69) is 21.2 Å². The summed E-state index contributed by atoms with van der Waals surface area (Å²) in [6.07, 6.45) is 0. The van der Waals surface area contributed by atoms with Gasteiger partial charge in [-0.3, -0.25) is 10.1 Å². The van der Waals surface area contributed by atoms with Gasteiger partial charge in [0.1, 0.15) is 0 Å². The Bertz CT molecular complexity index is 588. The molecule has 0 saturated carbocycles. The van der Waals surface area contributed by atoms with Crippen LogP contribution in [0, 0.1) is 15.9 Å². The summed E-state index contributed by atoms with van der Waals surface area (Å²) in [5.41, 5.74) is 0.00189. The quantitative estimate of drug-likeness (QED) is 0.676. The Kier molecular flexibility index (Phi) is 3.93. The monoisotopic (exact) mass is 330 g/mol. The molecule has 1 N–H and O–H groups in total. The molecule has 0 aliphatic rings. The minimum absolute atomic E-state index is 0.253. The van der Waals surface area contributed by atoms with Crippen molar-refractivity contribution < 1.29 is 9.31 Å². The van der Waals surface area contributed by atoms with Gasteiger partial charge < -0.3 is 5.32 Å². The highest BCUT2D eigenvalue weighted by Crippen LogP contribution is 2.23. The molecule has 0 atom stereocenters. The standard InChI is InChI=1S/C11H8BrFN2O2S/c12-7-3-9(18-6-7)5-14-11-2-1-8(15(16)17)4-10(11)13/h1-4,6,14H,5H2. The number of anilines is 1. The van der Waals surface area contributed by atoms with Crippen molar-refractivity contribution in [1.29, 1.82) is 0 Å². The normalized spacial score (nSPS) is 10.3. The number of nitro benzene ring substituents is 1. The first-order valence-corrected chi connectivity index (χ1v) is 6.64. The van der Waals surface area contributed by atoms with Crippen molar-refractivity contribution in [2.24, 2.45) is 0 Å². The van der Waals surface area contributed by atoms with E-state index in [4.69, 9.17) is 0 Å². The first-order valence-electron chi connectivity index (χ1n) is 4.97. The zero-order chi connectivity index (χ0) is 13.1. The van der Waals surface area contributed by atoms with Gasteiger partial charge in [0.05, 0.1) is 16.7 Å². The van der Waals surface area contributed by atoms with Gasteiger partial charge in [-0.2, -0.15) is 0 Å². The number of rotatable bonds is 4. The molecular formula is C11H8BrFN2O2S. The first-order chi connectivity index (χ1) is 8.56. The Morgan fingerprint density at radius 3 is 2.78 bits per heavy atom. The number of nitro groups is 1. The Morgan fingerprint density at radius 2 is 2.22 bits per heavy atom. The minimum Gasteiger partial charge on any atom is -0.378 e. The Morgan fingerprint density at radius 1 is 1.44 bits per heavy atom. The van der Waals surface area contributed by atoms with E-state index in [1.165, 1.54) is 12.1 Å². The molecule has 0 radical (unpaired) electrons. The number of hydrogen-bond acceptors (Lipinski definition) is 4. The molecule has 94 valence electrons. The van der Waals surface area contributed by atoms with Gasteiger partial charge in [-0.15, -0.1) is 11.3 Å². The molecule has 0 bridgehead atoms. The van der Waals surface area contributed by atoms with E-state index in [0.29, 0.717) is 6.54 Å². The highest BCUT2D eigenvalue weighted by atomic mass is 79.9. The van der Waals surface area contributed by atoms with Crippen LogP contribution in [-0.2, 0) is 6.54 Å². The summed E-state index contributed by atoms with van der Waals surface area (Å²) in [7, 11) is 0. The summed E-state index contributed by atoms with van der Waals surface area (Å²) >= 11 is 4.87. The summed E-state index contributed by atoms with van der Waals surface area (Å²) < 4.78 is 14.5. The van der Waals surface area contributed by atoms with Gasteiger partial charge in [-0.25, -0.2) is 4.39 Å². The fourth-order valence-electron chi connectivity index (χ4n) is 1.39. The van der Waals surface area contributed by atoms with Crippen molar-refractivity contribution in [3.8, 4) is 0 Å². The molecule has 18 heavy (non-hydrogen) atoms. The van der Waals surface area contributed by atoms with Crippen LogP contribution in [0.5, 0.6) is 0 Å². The third kappa shape index (κ3) is 3.05. The zero-order valence-electron chi connectivity index (χ0n) is 9.02. The van der Waals surface area contributed by atoms with E-state index < -0.39 is 10.7 Å². The van der Waals surface area contributed by atoms with E-state index >= 15 is 0 Å². The van der Waals surface area contributed by atoms with Gasteiger partial charge in [0.15, 0.2) is 5.82 Å². The first kappa shape index (κ1) is 13.0. The van der Waals surface area contributed by atoms with Gasteiger partial charge in [0, 0.05) is 27.3 Å². The molecule has 0 aliphatic heterocycles. The highest BCUT2D eigenvalue weighted by Gasteiger charge is 2.10. The fourth-order valence-corrected chi connectivity index (χ4v) is 2.78. The molecule has 1 aromatic heterocycles. The number of halogens is 2. The Hall–Kier alpha value is -1.47. The largest absolute Gasteiger partial charge is 0.378 e. The molecule has 4 nitrogen and oxygen atoms in total. The molecule has 0 amide bonds. The molecule has 1 aromatic carbocycles. The topological polar surface area (TPSA) is 55.2 Å². The predicted octanol–water partition coefficient (Wildman–Crippen LogP) is 4.17. The summed E-state index contributed by atoms with van der Waals surface area (Å²) in [4.78, 5) is 10.9. The van der Waals surface area contributed by atoms with Crippen LogP contribution < -0.4 is 5.32 Å². The van der Waals surface area contributed by atoms with Gasteiger partial charge in [-0.1, -0.05) is 0 Å². The zero-order valence-corrected chi connectivity index (χ0v) is 11.4. The van der Waals surface area contributed by atoms with Crippen LogP contribution in [0.4, 0.5) is 15.8 Å². The Labute approximate surface area is 115 Å². The van der Waals surface area contributed by atoms with Crippen LogP contribution in [0.1, 0.15) is 4.88 Å². The molecule has 7 heteroatoms. The van der Waals surface area contributed by atoms with Crippen LogP contribution >= 0.6 is 27.3 Å². The molecule has 2 rings (SSSR count). The summed E-state index contributed by atoms with van der Waals surface area (Å²) in [5.74, 6) is -0.625. The van der Waals surface area contributed by atoms with Crippen LogP contribution in [0.3, 0.4) is 0 Å². The third-order valence-electron chi connectivity index (χ3n) is 2.24. The van der Waals surface area contributed by atoms with Gasteiger partial charge >= 0.3 is 0 Å². The van der Waals surface area contributed by atoms with Gasteiger partial charge in [0.25, 0.3) is 5.69 Å². The molecular weight excluding hydrogens is 323 g/mol. The lowest BCUT2D eigenvalue weighted by atomic mass is 10.2. The minimum atomic E-state index is -0.625. The van der Waals surface area contributed by atoms with Crippen LogP contribution in [0.15, 0.2) is 34.1 Å². The van der Waals surface area contributed by atoms with E-state index in [-0.39, 0.29) is 11.4 Å². The predicted molar refractivity (Wildman–Crippen MR) is 72.4 cm³/mol.